The number of amides is 1. The summed E-state index contributed by atoms with van der Waals surface area (Å²) in [5.74, 6) is 0.222. The second kappa shape index (κ2) is 6.88. The minimum absolute atomic E-state index is 0.0108. The molecule has 1 N–H and O–H groups in total. The molecule has 3 aromatic heterocycles. The number of aromatic amines is 1. The lowest BCUT2D eigenvalue weighted by Gasteiger charge is -2.32. The molecule has 0 spiro atoms. The van der Waals surface area contributed by atoms with Crippen LogP contribution in [0.15, 0.2) is 12.4 Å². The Labute approximate surface area is 168 Å². The molecule has 0 unspecified atom stereocenters. The summed E-state index contributed by atoms with van der Waals surface area (Å²) in [5.41, 5.74) is 2.67. The normalized spacial score (nSPS) is 18.0. The van der Waals surface area contributed by atoms with Gasteiger partial charge in [-0.05, 0) is 12.8 Å². The third kappa shape index (κ3) is 3.39. The molecule has 9 heteroatoms. The Bertz CT molecular complexity index is 962. The summed E-state index contributed by atoms with van der Waals surface area (Å²) < 4.78 is 1.89. The molecule has 0 bridgehead atoms. The van der Waals surface area contributed by atoms with E-state index in [1.807, 2.05) is 10.7 Å². The van der Waals surface area contributed by atoms with E-state index in [0.717, 1.165) is 47.4 Å². The number of piperidine rings is 1. The van der Waals surface area contributed by atoms with Gasteiger partial charge in [-0.15, -0.1) is 5.10 Å². The molecular weight excluding hydrogens is 374 g/mol. The van der Waals surface area contributed by atoms with Gasteiger partial charge in [0.1, 0.15) is 0 Å². The number of carbonyl (C=O) groups excluding carboxylic acids is 1. The predicted octanol–water partition coefficient (Wildman–Crippen LogP) is 2.90. The lowest BCUT2D eigenvalue weighted by atomic mass is 9.92. The molecule has 0 aliphatic carbocycles. The molecule has 1 saturated heterocycles. The van der Waals surface area contributed by atoms with Gasteiger partial charge < -0.3 is 9.80 Å². The summed E-state index contributed by atoms with van der Waals surface area (Å²) in [6.45, 7) is 8.26. The Morgan fingerprint density at radius 3 is 2.82 bits per heavy atom. The highest BCUT2D eigenvalue weighted by molar-refractivity contribution is 7.20. The maximum Gasteiger partial charge on any atom is 0.256 e. The van der Waals surface area contributed by atoms with Crippen molar-refractivity contribution in [2.75, 3.05) is 32.1 Å². The monoisotopic (exact) mass is 401 g/mol. The molecule has 0 aromatic carbocycles. The Morgan fingerprint density at radius 2 is 2.14 bits per heavy atom. The van der Waals surface area contributed by atoms with Gasteiger partial charge in [-0.3, -0.25) is 9.89 Å². The zero-order valence-electron chi connectivity index (χ0n) is 17.1. The largest absolute Gasteiger partial charge is 0.346 e. The maximum absolute atomic E-state index is 12.4. The molecular formula is C19H27N7OS. The number of hydrogen-bond donors (Lipinski definition) is 1. The number of aromatic nitrogens is 5. The van der Waals surface area contributed by atoms with Crippen LogP contribution in [0.1, 0.15) is 61.3 Å². The van der Waals surface area contributed by atoms with Crippen molar-refractivity contribution in [1.82, 2.24) is 29.7 Å². The van der Waals surface area contributed by atoms with E-state index in [4.69, 9.17) is 10.1 Å². The second-order valence-electron chi connectivity index (χ2n) is 8.67. The van der Waals surface area contributed by atoms with E-state index in [9.17, 15) is 4.79 Å². The van der Waals surface area contributed by atoms with Crippen molar-refractivity contribution < 1.29 is 4.79 Å². The predicted molar refractivity (Wildman–Crippen MR) is 110 cm³/mol. The molecule has 1 fully saturated rings. The standard InChI is InChI=1S/C19H27N7OS/c1-19(2,3)14-11-26-17(21-14)28-18(23-26)25-8-6-7-12(10-25)15-13(9-20-22-15)16(27)24(4)5/h9,11-12H,6-8,10H2,1-5H3,(H,20,22)/t12-/m0/s1. The van der Waals surface area contributed by atoms with Crippen LogP contribution < -0.4 is 4.90 Å². The number of fused-ring (bicyclic) bond motifs is 1. The maximum atomic E-state index is 12.4. The van der Waals surface area contributed by atoms with Crippen molar-refractivity contribution in [3.63, 3.8) is 0 Å². The van der Waals surface area contributed by atoms with Crippen LogP contribution in [-0.4, -0.2) is 62.8 Å². The van der Waals surface area contributed by atoms with Crippen molar-refractivity contribution in [3.8, 4) is 0 Å². The average molecular weight is 402 g/mol. The fourth-order valence-electron chi connectivity index (χ4n) is 3.58. The van der Waals surface area contributed by atoms with Crippen molar-refractivity contribution in [2.45, 2.75) is 44.9 Å². The molecule has 3 aromatic rings. The highest BCUT2D eigenvalue weighted by Crippen LogP contribution is 2.33. The van der Waals surface area contributed by atoms with Crippen molar-refractivity contribution >= 4 is 27.3 Å². The molecule has 0 saturated carbocycles. The molecule has 1 aliphatic heterocycles. The summed E-state index contributed by atoms with van der Waals surface area (Å²) in [7, 11) is 3.53. The molecule has 150 valence electrons. The zero-order chi connectivity index (χ0) is 20.1. The number of nitrogens with one attached hydrogen (secondary N) is 1. The lowest BCUT2D eigenvalue weighted by Crippen LogP contribution is -2.35. The van der Waals surface area contributed by atoms with E-state index < -0.39 is 0 Å². The van der Waals surface area contributed by atoms with E-state index in [0.29, 0.717) is 5.56 Å². The molecule has 28 heavy (non-hydrogen) atoms. The molecule has 8 nitrogen and oxygen atoms in total. The highest BCUT2D eigenvalue weighted by Gasteiger charge is 2.29. The Hall–Kier alpha value is -2.42. The van der Waals surface area contributed by atoms with Gasteiger partial charge in [0.2, 0.25) is 10.1 Å². The van der Waals surface area contributed by atoms with Gasteiger partial charge >= 0.3 is 0 Å². The first-order valence-corrected chi connectivity index (χ1v) is 10.4. The van der Waals surface area contributed by atoms with Crippen LogP contribution in [0.25, 0.3) is 4.96 Å². The fourth-order valence-corrected chi connectivity index (χ4v) is 4.50. The zero-order valence-corrected chi connectivity index (χ0v) is 17.9. The van der Waals surface area contributed by atoms with Crippen LogP contribution in [0.5, 0.6) is 0 Å². The van der Waals surface area contributed by atoms with Crippen molar-refractivity contribution in [2.24, 2.45) is 0 Å². The summed E-state index contributed by atoms with van der Waals surface area (Å²) in [6.07, 6.45) is 5.75. The Balaban J connectivity index is 1.56. The van der Waals surface area contributed by atoms with Crippen LogP contribution in [0, 0.1) is 0 Å². The molecule has 1 amide bonds. The first-order valence-electron chi connectivity index (χ1n) is 9.60. The van der Waals surface area contributed by atoms with Gasteiger partial charge in [-0.25, -0.2) is 9.50 Å². The number of rotatable bonds is 3. The fraction of sp³-hybridized carbons (Fsp3) is 0.579. The summed E-state index contributed by atoms with van der Waals surface area (Å²) in [5, 5.41) is 13.0. The lowest BCUT2D eigenvalue weighted by molar-refractivity contribution is 0.0826. The number of nitrogens with zero attached hydrogens (tertiary/aromatic N) is 6. The Morgan fingerprint density at radius 1 is 1.36 bits per heavy atom. The quantitative estimate of drug-likeness (QED) is 0.730. The van der Waals surface area contributed by atoms with E-state index in [2.05, 4.69) is 35.9 Å². The molecule has 4 rings (SSSR count). The molecule has 4 heterocycles. The number of carbonyl (C=O) groups is 1. The highest BCUT2D eigenvalue weighted by atomic mass is 32.1. The van der Waals surface area contributed by atoms with Crippen LogP contribution in [0.4, 0.5) is 5.13 Å². The van der Waals surface area contributed by atoms with Crippen LogP contribution in [-0.2, 0) is 5.41 Å². The van der Waals surface area contributed by atoms with Gasteiger partial charge in [-0.1, -0.05) is 32.1 Å². The average Bonchev–Trinajstić information content (AvgIpc) is 3.34. The van der Waals surface area contributed by atoms with Crippen LogP contribution >= 0.6 is 11.3 Å². The van der Waals surface area contributed by atoms with Crippen molar-refractivity contribution in [3.05, 3.63) is 29.3 Å². The minimum Gasteiger partial charge on any atom is -0.346 e. The van der Waals surface area contributed by atoms with Gasteiger partial charge in [0.05, 0.1) is 29.3 Å². The minimum atomic E-state index is -0.0108. The first-order chi connectivity index (χ1) is 13.2. The number of H-pyrrole nitrogens is 1. The van der Waals surface area contributed by atoms with E-state index in [1.165, 1.54) is 0 Å². The van der Waals surface area contributed by atoms with Crippen molar-refractivity contribution in [1.29, 1.82) is 0 Å². The molecule has 1 atom stereocenters. The first kappa shape index (κ1) is 18.9. The molecule has 0 radical (unpaired) electrons. The third-order valence-corrected chi connectivity index (χ3v) is 6.19. The van der Waals surface area contributed by atoms with Gasteiger partial charge in [0.25, 0.3) is 5.91 Å². The summed E-state index contributed by atoms with van der Waals surface area (Å²) >= 11 is 1.62. The number of hydrogen-bond acceptors (Lipinski definition) is 6. The van der Waals surface area contributed by atoms with Crippen LogP contribution in [0.3, 0.4) is 0 Å². The third-order valence-electron chi connectivity index (χ3n) is 5.21. The SMILES string of the molecule is CN(C)C(=O)c1cn[nH]c1[C@H]1CCCN(c2nn3cc(C(C)(C)C)nc3s2)C1. The van der Waals surface area contributed by atoms with Gasteiger partial charge in [-0.2, -0.15) is 5.10 Å². The number of anilines is 1. The summed E-state index contributed by atoms with van der Waals surface area (Å²) in [4.78, 5) is 22.0. The number of imidazole rings is 1. The van der Waals surface area contributed by atoms with Gasteiger partial charge in [0.15, 0.2) is 0 Å². The summed E-state index contributed by atoms with van der Waals surface area (Å²) in [6, 6.07) is 0. The van der Waals surface area contributed by atoms with E-state index in [-0.39, 0.29) is 17.2 Å². The van der Waals surface area contributed by atoms with Crippen LogP contribution in [0.2, 0.25) is 0 Å². The molecule has 1 aliphatic rings. The van der Waals surface area contributed by atoms with E-state index in [1.54, 1.807) is 36.5 Å². The van der Waals surface area contributed by atoms with E-state index >= 15 is 0 Å². The van der Waals surface area contributed by atoms with Gasteiger partial charge in [0, 0.05) is 38.5 Å². The smallest absolute Gasteiger partial charge is 0.256 e. The Kier molecular flexibility index (Phi) is 4.65. The topological polar surface area (TPSA) is 82.4 Å². The second-order valence-corrected chi connectivity index (χ2v) is 9.60.